The van der Waals surface area contributed by atoms with Gasteiger partial charge in [0, 0.05) is 32.8 Å². The fourth-order valence-corrected chi connectivity index (χ4v) is 2.67. The molecule has 1 N–H and O–H groups in total. The van der Waals surface area contributed by atoms with E-state index in [1.165, 1.54) is 0 Å². The molecule has 5 heteroatoms. The van der Waals surface area contributed by atoms with Crippen LogP contribution in [-0.4, -0.2) is 63.4 Å². The van der Waals surface area contributed by atoms with Crippen LogP contribution in [0.2, 0.25) is 0 Å². The van der Waals surface area contributed by atoms with Crippen molar-refractivity contribution in [2.45, 2.75) is 33.6 Å². The summed E-state index contributed by atoms with van der Waals surface area (Å²) in [5.41, 5.74) is -0.224. The molecule has 1 aliphatic heterocycles. The summed E-state index contributed by atoms with van der Waals surface area (Å²) in [7, 11) is 0. The molecule has 118 valence electrons. The Kier molecular flexibility index (Phi) is 8.11. The van der Waals surface area contributed by atoms with E-state index in [0.717, 1.165) is 25.9 Å². The quantitative estimate of drug-likeness (QED) is 0.615. The minimum Gasteiger partial charge on any atom is -0.380 e. The van der Waals surface area contributed by atoms with Gasteiger partial charge in [-0.1, -0.05) is 6.92 Å². The molecule has 1 fully saturated rings. The summed E-state index contributed by atoms with van der Waals surface area (Å²) in [6.45, 7) is 11.7. The molecule has 0 bridgehead atoms. The highest BCUT2D eigenvalue weighted by Gasteiger charge is 2.41. The van der Waals surface area contributed by atoms with E-state index in [-0.39, 0.29) is 11.3 Å². The van der Waals surface area contributed by atoms with Crippen LogP contribution in [0.15, 0.2) is 0 Å². The van der Waals surface area contributed by atoms with Gasteiger partial charge in [-0.2, -0.15) is 0 Å². The Labute approximate surface area is 123 Å². The molecule has 1 saturated heterocycles. The van der Waals surface area contributed by atoms with E-state index in [2.05, 4.69) is 12.2 Å². The maximum Gasteiger partial charge on any atom is 0.230 e. The second-order valence-electron chi connectivity index (χ2n) is 5.25. The van der Waals surface area contributed by atoms with E-state index >= 15 is 0 Å². The van der Waals surface area contributed by atoms with Crippen molar-refractivity contribution in [2.75, 3.05) is 52.6 Å². The fraction of sp³-hybridized carbons (Fsp3) is 0.933. The molecular formula is C15H30N2O3. The highest BCUT2D eigenvalue weighted by atomic mass is 16.5. The van der Waals surface area contributed by atoms with E-state index in [1.807, 2.05) is 18.7 Å². The Morgan fingerprint density at radius 2 is 1.75 bits per heavy atom. The fourth-order valence-electron chi connectivity index (χ4n) is 2.67. The van der Waals surface area contributed by atoms with Gasteiger partial charge in [0.25, 0.3) is 0 Å². The number of carbonyl (C=O) groups is 1. The number of hydrogen-bond acceptors (Lipinski definition) is 4. The number of hydrogen-bond donors (Lipinski definition) is 1. The van der Waals surface area contributed by atoms with Crippen LogP contribution in [0.5, 0.6) is 0 Å². The van der Waals surface area contributed by atoms with Gasteiger partial charge in [0.05, 0.1) is 18.6 Å². The molecule has 0 spiro atoms. The summed E-state index contributed by atoms with van der Waals surface area (Å²) in [4.78, 5) is 14.8. The largest absolute Gasteiger partial charge is 0.380 e. The van der Waals surface area contributed by atoms with Crippen LogP contribution in [0.4, 0.5) is 0 Å². The molecule has 0 aromatic carbocycles. The smallest absolute Gasteiger partial charge is 0.230 e. The summed E-state index contributed by atoms with van der Waals surface area (Å²) in [6, 6.07) is 0. The van der Waals surface area contributed by atoms with Gasteiger partial charge in [0.2, 0.25) is 5.91 Å². The van der Waals surface area contributed by atoms with Crippen LogP contribution < -0.4 is 5.32 Å². The maximum atomic E-state index is 12.9. The predicted molar refractivity (Wildman–Crippen MR) is 79.8 cm³/mol. The average Bonchev–Trinajstić information content (AvgIpc) is 2.95. The van der Waals surface area contributed by atoms with Crippen molar-refractivity contribution in [3.05, 3.63) is 0 Å². The minimum atomic E-state index is -0.224. The van der Waals surface area contributed by atoms with Crippen LogP contribution in [0.1, 0.15) is 33.6 Å². The van der Waals surface area contributed by atoms with Gasteiger partial charge < -0.3 is 19.7 Å². The summed E-state index contributed by atoms with van der Waals surface area (Å²) < 4.78 is 10.8. The van der Waals surface area contributed by atoms with Crippen LogP contribution in [0, 0.1) is 5.41 Å². The van der Waals surface area contributed by atoms with Crippen molar-refractivity contribution < 1.29 is 14.3 Å². The lowest BCUT2D eigenvalue weighted by Gasteiger charge is -2.33. The van der Waals surface area contributed by atoms with Gasteiger partial charge in [-0.05, 0) is 33.2 Å². The number of rotatable bonds is 10. The Morgan fingerprint density at radius 1 is 1.15 bits per heavy atom. The SMILES string of the molecule is CCOCCN(CCOCC)C(=O)C1(CC)CCNC1. The molecule has 0 saturated carbocycles. The van der Waals surface area contributed by atoms with Crippen molar-refractivity contribution in [3.63, 3.8) is 0 Å². The third-order valence-electron chi connectivity index (χ3n) is 4.08. The molecule has 0 radical (unpaired) electrons. The molecule has 0 aliphatic carbocycles. The Morgan fingerprint density at radius 3 is 2.15 bits per heavy atom. The van der Waals surface area contributed by atoms with Gasteiger partial charge in [-0.25, -0.2) is 0 Å². The lowest BCUT2D eigenvalue weighted by Crippen LogP contribution is -2.47. The molecule has 1 amide bonds. The molecule has 1 unspecified atom stereocenters. The van der Waals surface area contributed by atoms with Gasteiger partial charge in [-0.3, -0.25) is 4.79 Å². The molecule has 20 heavy (non-hydrogen) atoms. The zero-order chi connectivity index (χ0) is 14.8. The van der Waals surface area contributed by atoms with E-state index in [9.17, 15) is 4.79 Å². The first-order valence-corrected chi connectivity index (χ1v) is 7.85. The average molecular weight is 286 g/mol. The molecule has 1 aliphatic rings. The van der Waals surface area contributed by atoms with Crippen molar-refractivity contribution in [2.24, 2.45) is 5.41 Å². The first kappa shape index (κ1) is 17.4. The highest BCUT2D eigenvalue weighted by molar-refractivity contribution is 5.83. The van der Waals surface area contributed by atoms with Crippen LogP contribution in [0.25, 0.3) is 0 Å². The first-order valence-electron chi connectivity index (χ1n) is 7.85. The van der Waals surface area contributed by atoms with Crippen molar-refractivity contribution in [1.29, 1.82) is 0 Å². The van der Waals surface area contributed by atoms with Gasteiger partial charge in [0.15, 0.2) is 0 Å². The second kappa shape index (κ2) is 9.32. The Hall–Kier alpha value is -0.650. The summed E-state index contributed by atoms with van der Waals surface area (Å²) in [6.07, 6.45) is 1.82. The maximum absolute atomic E-state index is 12.9. The summed E-state index contributed by atoms with van der Waals surface area (Å²) in [5, 5.41) is 3.32. The van der Waals surface area contributed by atoms with E-state index < -0.39 is 0 Å². The standard InChI is InChI=1S/C15H30N2O3/c1-4-15(7-8-16-13-15)14(18)17(9-11-19-5-2)10-12-20-6-3/h16H,4-13H2,1-3H3. The number of amides is 1. The van der Waals surface area contributed by atoms with E-state index in [0.29, 0.717) is 39.5 Å². The van der Waals surface area contributed by atoms with Crippen molar-refractivity contribution in [1.82, 2.24) is 10.2 Å². The number of nitrogens with zero attached hydrogens (tertiary/aromatic N) is 1. The summed E-state index contributed by atoms with van der Waals surface area (Å²) in [5.74, 6) is 0.254. The third-order valence-corrected chi connectivity index (χ3v) is 4.08. The Bertz CT molecular complexity index is 268. The lowest BCUT2D eigenvalue weighted by atomic mass is 9.82. The molecule has 1 atom stereocenters. The van der Waals surface area contributed by atoms with Crippen LogP contribution in [-0.2, 0) is 14.3 Å². The molecule has 0 aromatic heterocycles. The molecule has 0 aromatic rings. The monoisotopic (exact) mass is 286 g/mol. The first-order chi connectivity index (χ1) is 9.70. The normalized spacial score (nSPS) is 22.1. The lowest BCUT2D eigenvalue weighted by molar-refractivity contribution is -0.143. The van der Waals surface area contributed by atoms with Gasteiger partial charge in [0.1, 0.15) is 0 Å². The molecule has 5 nitrogen and oxygen atoms in total. The van der Waals surface area contributed by atoms with Crippen LogP contribution in [0.3, 0.4) is 0 Å². The van der Waals surface area contributed by atoms with Crippen molar-refractivity contribution >= 4 is 5.91 Å². The number of carbonyl (C=O) groups excluding carboxylic acids is 1. The predicted octanol–water partition coefficient (Wildman–Crippen LogP) is 1.28. The molecule has 1 heterocycles. The molecular weight excluding hydrogens is 256 g/mol. The number of nitrogens with one attached hydrogen (secondary N) is 1. The minimum absolute atomic E-state index is 0.224. The third kappa shape index (κ3) is 4.72. The van der Waals surface area contributed by atoms with E-state index in [1.54, 1.807) is 0 Å². The topological polar surface area (TPSA) is 50.8 Å². The van der Waals surface area contributed by atoms with Crippen molar-refractivity contribution in [3.8, 4) is 0 Å². The Balaban J connectivity index is 2.61. The van der Waals surface area contributed by atoms with Gasteiger partial charge in [-0.15, -0.1) is 0 Å². The highest BCUT2D eigenvalue weighted by Crippen LogP contribution is 2.31. The zero-order valence-electron chi connectivity index (χ0n) is 13.2. The number of ether oxygens (including phenoxy) is 2. The molecule has 1 rings (SSSR count). The van der Waals surface area contributed by atoms with Crippen LogP contribution >= 0.6 is 0 Å². The zero-order valence-corrected chi connectivity index (χ0v) is 13.2. The summed E-state index contributed by atoms with van der Waals surface area (Å²) >= 11 is 0. The van der Waals surface area contributed by atoms with Gasteiger partial charge >= 0.3 is 0 Å². The van der Waals surface area contributed by atoms with E-state index in [4.69, 9.17) is 9.47 Å². The second-order valence-corrected chi connectivity index (χ2v) is 5.25.